The molecular formula is C12H11IN2O3S. The number of benzene rings is 1. The van der Waals surface area contributed by atoms with E-state index in [2.05, 4.69) is 27.9 Å². The van der Waals surface area contributed by atoms with Crippen molar-refractivity contribution in [3.63, 3.8) is 0 Å². The second kappa shape index (κ2) is 5.20. The molecule has 3 rings (SSSR count). The van der Waals surface area contributed by atoms with Gasteiger partial charge in [0, 0.05) is 15.0 Å². The molecule has 1 saturated heterocycles. The molecule has 0 aromatic heterocycles. The maximum atomic E-state index is 11.8. The molecule has 2 aliphatic heterocycles. The predicted molar refractivity (Wildman–Crippen MR) is 82.3 cm³/mol. The summed E-state index contributed by atoms with van der Waals surface area (Å²) in [7, 11) is 0. The van der Waals surface area contributed by atoms with Crippen LogP contribution in [0.3, 0.4) is 0 Å². The molecule has 1 fully saturated rings. The molecule has 0 saturated carbocycles. The van der Waals surface area contributed by atoms with Crippen LogP contribution in [0, 0.1) is 0 Å². The lowest BCUT2D eigenvalue weighted by molar-refractivity contribution is -0.113. The molecule has 19 heavy (non-hydrogen) atoms. The van der Waals surface area contributed by atoms with Crippen molar-refractivity contribution >= 4 is 57.7 Å². The first-order valence-electron chi connectivity index (χ1n) is 5.78. The van der Waals surface area contributed by atoms with E-state index in [4.69, 9.17) is 4.74 Å². The minimum absolute atomic E-state index is 0.0104. The number of fused-ring (bicyclic) bond motifs is 1. The second-order valence-electron chi connectivity index (χ2n) is 4.29. The Morgan fingerprint density at radius 2 is 2.32 bits per heavy atom. The van der Waals surface area contributed by atoms with Crippen LogP contribution in [-0.4, -0.2) is 34.8 Å². The topological polar surface area (TPSA) is 58.6 Å². The Bertz CT molecular complexity index is 552. The summed E-state index contributed by atoms with van der Waals surface area (Å²) in [5.74, 6) is 0.429. The Kier molecular flexibility index (Phi) is 3.57. The Morgan fingerprint density at radius 1 is 1.47 bits per heavy atom. The first-order valence-corrected chi connectivity index (χ1v) is 8.29. The number of nitrogens with one attached hydrogen (secondary N) is 1. The van der Waals surface area contributed by atoms with E-state index < -0.39 is 0 Å². The van der Waals surface area contributed by atoms with E-state index in [-0.39, 0.29) is 18.1 Å². The summed E-state index contributed by atoms with van der Waals surface area (Å²) in [5.41, 5.74) is 1.53. The summed E-state index contributed by atoms with van der Waals surface area (Å²) in [6.45, 7) is 0.557. The van der Waals surface area contributed by atoms with Gasteiger partial charge in [-0.1, -0.05) is 22.6 Å². The molecule has 2 amide bonds. The number of thioether (sulfide) groups is 1. The highest BCUT2D eigenvalue weighted by atomic mass is 127. The van der Waals surface area contributed by atoms with E-state index in [1.807, 2.05) is 18.2 Å². The Balaban J connectivity index is 1.88. The van der Waals surface area contributed by atoms with Crippen molar-refractivity contribution in [3.8, 4) is 0 Å². The Labute approximate surface area is 128 Å². The number of hydrogen-bond acceptors (Lipinski definition) is 4. The van der Waals surface area contributed by atoms with Gasteiger partial charge in [0.1, 0.15) is 6.10 Å². The number of rotatable bonds is 2. The summed E-state index contributed by atoms with van der Waals surface area (Å²) in [6.07, 6.45) is -0.385. The number of nitrogens with zero attached hydrogens (tertiary/aromatic N) is 1. The van der Waals surface area contributed by atoms with E-state index >= 15 is 0 Å². The minimum Gasteiger partial charge on any atom is -0.443 e. The van der Waals surface area contributed by atoms with Crippen LogP contribution in [0.25, 0.3) is 0 Å². The van der Waals surface area contributed by atoms with Gasteiger partial charge in [0.15, 0.2) is 0 Å². The molecule has 0 spiro atoms. The fraction of sp³-hybridized carbons (Fsp3) is 0.333. The lowest BCUT2D eigenvalue weighted by atomic mass is 10.2. The number of hydrogen-bond donors (Lipinski definition) is 1. The number of carbonyl (C=O) groups excluding carboxylic acids is 2. The zero-order valence-electron chi connectivity index (χ0n) is 9.89. The molecule has 100 valence electrons. The summed E-state index contributed by atoms with van der Waals surface area (Å²) >= 11 is 3.71. The molecule has 2 aliphatic rings. The average Bonchev–Trinajstić information content (AvgIpc) is 2.79. The molecule has 1 aromatic carbocycles. The number of halogens is 1. The van der Waals surface area contributed by atoms with Gasteiger partial charge in [0.2, 0.25) is 5.91 Å². The molecule has 0 aliphatic carbocycles. The second-order valence-corrected chi connectivity index (χ2v) is 6.19. The van der Waals surface area contributed by atoms with Crippen LogP contribution < -0.4 is 10.2 Å². The third kappa shape index (κ3) is 2.53. The van der Waals surface area contributed by atoms with Crippen molar-refractivity contribution in [1.82, 2.24) is 0 Å². The largest absolute Gasteiger partial charge is 0.443 e. The number of anilines is 2. The average molecular weight is 390 g/mol. The summed E-state index contributed by atoms with van der Waals surface area (Å²) < 4.78 is 6.00. The highest BCUT2D eigenvalue weighted by Gasteiger charge is 2.32. The van der Waals surface area contributed by atoms with Gasteiger partial charge in [-0.2, -0.15) is 0 Å². The number of carbonyl (C=O) groups is 2. The van der Waals surface area contributed by atoms with Crippen LogP contribution >= 0.6 is 34.4 Å². The number of cyclic esters (lactones) is 1. The SMILES string of the molecule is O=C1CSc2ccc(N3C[C@H](CI)OC3=O)cc2N1. The van der Waals surface area contributed by atoms with Gasteiger partial charge in [-0.15, -0.1) is 11.8 Å². The molecule has 1 N–H and O–H groups in total. The van der Waals surface area contributed by atoms with E-state index in [1.165, 1.54) is 11.8 Å². The summed E-state index contributed by atoms with van der Waals surface area (Å²) in [6, 6.07) is 5.65. The lowest BCUT2D eigenvalue weighted by Crippen LogP contribution is -2.25. The zero-order valence-corrected chi connectivity index (χ0v) is 12.9. The van der Waals surface area contributed by atoms with Crippen LogP contribution in [-0.2, 0) is 9.53 Å². The molecule has 5 nitrogen and oxygen atoms in total. The normalized spacial score (nSPS) is 21.9. The van der Waals surface area contributed by atoms with Crippen LogP contribution in [0.2, 0.25) is 0 Å². The zero-order chi connectivity index (χ0) is 13.4. The van der Waals surface area contributed by atoms with Gasteiger partial charge in [-0.25, -0.2) is 4.79 Å². The molecular weight excluding hydrogens is 379 g/mol. The van der Waals surface area contributed by atoms with Gasteiger partial charge in [0.05, 0.1) is 18.0 Å². The standard InChI is InChI=1S/C12H11IN2O3S/c13-4-8-5-15(12(17)18-8)7-1-2-10-9(3-7)14-11(16)6-19-10/h1-3,8H,4-6H2,(H,14,16)/t8-/m0/s1. The highest BCUT2D eigenvalue weighted by Crippen LogP contribution is 2.35. The van der Waals surface area contributed by atoms with E-state index in [0.29, 0.717) is 12.3 Å². The molecule has 7 heteroatoms. The van der Waals surface area contributed by atoms with Gasteiger partial charge < -0.3 is 10.1 Å². The predicted octanol–water partition coefficient (Wildman–Crippen LogP) is 2.49. The summed E-state index contributed by atoms with van der Waals surface area (Å²) in [5, 5.41) is 2.82. The first-order chi connectivity index (χ1) is 9.17. The van der Waals surface area contributed by atoms with Crippen LogP contribution in [0.15, 0.2) is 23.1 Å². The Morgan fingerprint density at radius 3 is 3.05 bits per heavy atom. The van der Waals surface area contributed by atoms with Gasteiger partial charge in [-0.05, 0) is 18.2 Å². The van der Waals surface area contributed by atoms with Crippen LogP contribution in [0.1, 0.15) is 0 Å². The van der Waals surface area contributed by atoms with Crippen LogP contribution in [0.4, 0.5) is 16.2 Å². The fourth-order valence-corrected chi connectivity index (χ4v) is 3.30. The molecule has 0 unspecified atom stereocenters. The Hall–Kier alpha value is -0.960. The summed E-state index contributed by atoms with van der Waals surface area (Å²) in [4.78, 5) is 25.8. The van der Waals surface area contributed by atoms with Crippen molar-refractivity contribution in [1.29, 1.82) is 0 Å². The van der Waals surface area contributed by atoms with Crippen molar-refractivity contribution in [2.75, 3.05) is 26.9 Å². The lowest BCUT2D eigenvalue weighted by Gasteiger charge is -2.19. The van der Waals surface area contributed by atoms with Crippen molar-refractivity contribution in [2.24, 2.45) is 0 Å². The number of alkyl halides is 1. The van der Waals surface area contributed by atoms with Gasteiger partial charge in [-0.3, -0.25) is 9.69 Å². The van der Waals surface area contributed by atoms with Crippen molar-refractivity contribution < 1.29 is 14.3 Å². The van der Waals surface area contributed by atoms with Crippen molar-refractivity contribution in [3.05, 3.63) is 18.2 Å². The number of ether oxygens (including phenoxy) is 1. The maximum Gasteiger partial charge on any atom is 0.414 e. The third-order valence-corrected chi connectivity index (χ3v) is 5.01. The molecule has 1 atom stereocenters. The third-order valence-electron chi connectivity index (χ3n) is 2.95. The number of amides is 2. The monoisotopic (exact) mass is 390 g/mol. The van der Waals surface area contributed by atoms with Crippen LogP contribution in [0.5, 0.6) is 0 Å². The maximum absolute atomic E-state index is 11.8. The molecule has 0 bridgehead atoms. The van der Waals surface area contributed by atoms with Crippen molar-refractivity contribution in [2.45, 2.75) is 11.0 Å². The van der Waals surface area contributed by atoms with E-state index in [9.17, 15) is 9.59 Å². The molecule has 1 aromatic rings. The molecule has 0 radical (unpaired) electrons. The fourth-order valence-electron chi connectivity index (χ4n) is 2.05. The highest BCUT2D eigenvalue weighted by molar-refractivity contribution is 14.1. The minimum atomic E-state index is -0.323. The van der Waals surface area contributed by atoms with E-state index in [0.717, 1.165) is 20.7 Å². The molecule has 2 heterocycles. The van der Waals surface area contributed by atoms with Gasteiger partial charge in [0.25, 0.3) is 0 Å². The smallest absolute Gasteiger partial charge is 0.414 e. The first kappa shape index (κ1) is 13.0. The van der Waals surface area contributed by atoms with E-state index in [1.54, 1.807) is 4.90 Å². The van der Waals surface area contributed by atoms with Gasteiger partial charge >= 0.3 is 6.09 Å². The quantitative estimate of drug-likeness (QED) is 0.623.